The largest absolute Gasteiger partial charge is 0.461 e. The molecule has 0 aromatic heterocycles. The molecule has 6 heteroatoms. The number of esters is 2. The highest BCUT2D eigenvalue weighted by molar-refractivity contribution is 7.99. The Labute approximate surface area is 124 Å². The highest BCUT2D eigenvalue weighted by atomic mass is 32.2. The van der Waals surface area contributed by atoms with Gasteiger partial charge in [0.2, 0.25) is 0 Å². The third-order valence-corrected chi connectivity index (χ3v) is 3.17. The van der Waals surface area contributed by atoms with Gasteiger partial charge in [-0.05, 0) is 20.8 Å². The number of hydrogen-bond donors (Lipinski definition) is 1. The molecule has 1 atom stereocenters. The van der Waals surface area contributed by atoms with Crippen LogP contribution in [0.25, 0.3) is 0 Å². The van der Waals surface area contributed by atoms with E-state index in [0.29, 0.717) is 11.5 Å². The molecule has 0 saturated heterocycles. The molecule has 0 radical (unpaired) electrons. The molecule has 0 spiro atoms. The first-order chi connectivity index (χ1) is 9.30. The molecule has 0 unspecified atom stereocenters. The Morgan fingerprint density at radius 1 is 1.40 bits per heavy atom. The summed E-state index contributed by atoms with van der Waals surface area (Å²) in [6.07, 6.45) is 1.45. The van der Waals surface area contributed by atoms with Crippen LogP contribution in [0.15, 0.2) is 12.7 Å². The van der Waals surface area contributed by atoms with Gasteiger partial charge in [0.15, 0.2) is 0 Å². The summed E-state index contributed by atoms with van der Waals surface area (Å²) in [5.74, 6) is -0.514. The van der Waals surface area contributed by atoms with Crippen molar-refractivity contribution in [3.63, 3.8) is 0 Å². The van der Waals surface area contributed by atoms with E-state index in [1.165, 1.54) is 17.8 Å². The summed E-state index contributed by atoms with van der Waals surface area (Å²) >= 11 is 1.40. The summed E-state index contributed by atoms with van der Waals surface area (Å²) in [4.78, 5) is 23.6. The standard InChI is InChI=1S/C14H24O5S/c1-5-7-18-13(17)11(10-20-8-6-15)9-12(16)19-14(2,3)4/h5,11,15H,1,6-10H2,2-4H3/t11-/m0/s1. The molecule has 0 rings (SSSR count). The number of rotatable bonds is 9. The Balaban J connectivity index is 4.46. The van der Waals surface area contributed by atoms with Crippen LogP contribution in [0.2, 0.25) is 0 Å². The molecule has 0 aliphatic rings. The van der Waals surface area contributed by atoms with Crippen LogP contribution < -0.4 is 0 Å². The number of aliphatic hydroxyl groups excluding tert-OH is 1. The first-order valence-electron chi connectivity index (χ1n) is 6.48. The topological polar surface area (TPSA) is 72.8 Å². The first-order valence-corrected chi connectivity index (χ1v) is 7.63. The second kappa shape index (κ2) is 9.83. The number of thioether (sulfide) groups is 1. The molecule has 0 aliphatic heterocycles. The van der Waals surface area contributed by atoms with Crippen LogP contribution in [0.5, 0.6) is 0 Å². The Hall–Kier alpha value is -1.01. The molecule has 5 nitrogen and oxygen atoms in total. The number of carbonyl (C=O) groups excluding carboxylic acids is 2. The lowest BCUT2D eigenvalue weighted by atomic mass is 10.1. The number of carbonyl (C=O) groups is 2. The SMILES string of the molecule is C=CCOC(=O)[C@H](CSCCO)CC(=O)OC(C)(C)C. The third kappa shape index (κ3) is 9.86. The Morgan fingerprint density at radius 3 is 2.55 bits per heavy atom. The minimum atomic E-state index is -0.578. The van der Waals surface area contributed by atoms with Crippen molar-refractivity contribution < 1.29 is 24.2 Å². The normalized spacial score (nSPS) is 12.6. The van der Waals surface area contributed by atoms with Crippen LogP contribution in [-0.2, 0) is 19.1 Å². The number of ether oxygens (including phenoxy) is 2. The van der Waals surface area contributed by atoms with Crippen molar-refractivity contribution in [2.24, 2.45) is 5.92 Å². The molecule has 116 valence electrons. The second-order valence-electron chi connectivity index (χ2n) is 5.20. The summed E-state index contributed by atoms with van der Waals surface area (Å²) in [5.41, 5.74) is -0.578. The summed E-state index contributed by atoms with van der Waals surface area (Å²) in [6.45, 7) is 8.95. The fourth-order valence-corrected chi connectivity index (χ4v) is 2.18. The van der Waals surface area contributed by atoms with E-state index in [1.54, 1.807) is 20.8 Å². The van der Waals surface area contributed by atoms with Gasteiger partial charge in [0.05, 0.1) is 18.9 Å². The van der Waals surface area contributed by atoms with Crippen molar-refractivity contribution in [3.05, 3.63) is 12.7 Å². The van der Waals surface area contributed by atoms with Crippen LogP contribution in [-0.4, -0.2) is 47.4 Å². The highest BCUT2D eigenvalue weighted by Crippen LogP contribution is 2.17. The molecular weight excluding hydrogens is 280 g/mol. The maximum Gasteiger partial charge on any atom is 0.310 e. The molecule has 1 N–H and O–H groups in total. The van der Waals surface area contributed by atoms with Crippen molar-refractivity contribution in [2.45, 2.75) is 32.8 Å². The summed E-state index contributed by atoms with van der Waals surface area (Å²) < 4.78 is 10.2. The van der Waals surface area contributed by atoms with Crippen LogP contribution >= 0.6 is 11.8 Å². The van der Waals surface area contributed by atoms with E-state index < -0.39 is 23.5 Å². The smallest absolute Gasteiger partial charge is 0.310 e. The fourth-order valence-electron chi connectivity index (χ4n) is 1.34. The van der Waals surface area contributed by atoms with Crippen molar-refractivity contribution in [1.82, 2.24) is 0 Å². The van der Waals surface area contributed by atoms with Crippen molar-refractivity contribution >= 4 is 23.7 Å². The summed E-state index contributed by atoms with van der Waals surface area (Å²) in [5, 5.41) is 8.75. The van der Waals surface area contributed by atoms with Crippen LogP contribution in [0.1, 0.15) is 27.2 Å². The van der Waals surface area contributed by atoms with E-state index in [9.17, 15) is 9.59 Å². The van der Waals surface area contributed by atoms with E-state index in [0.717, 1.165) is 0 Å². The van der Waals surface area contributed by atoms with Gasteiger partial charge in [0, 0.05) is 11.5 Å². The fraction of sp³-hybridized carbons (Fsp3) is 0.714. The minimum Gasteiger partial charge on any atom is -0.461 e. The zero-order valence-corrected chi connectivity index (χ0v) is 13.2. The van der Waals surface area contributed by atoms with E-state index in [2.05, 4.69) is 6.58 Å². The quantitative estimate of drug-likeness (QED) is 0.398. The predicted octanol–water partition coefficient (Wildman–Crippen LogP) is 1.79. The van der Waals surface area contributed by atoms with Gasteiger partial charge >= 0.3 is 11.9 Å². The van der Waals surface area contributed by atoms with Gasteiger partial charge in [-0.25, -0.2) is 0 Å². The molecule has 0 aromatic carbocycles. The highest BCUT2D eigenvalue weighted by Gasteiger charge is 2.26. The molecule has 0 amide bonds. The van der Waals surface area contributed by atoms with Gasteiger partial charge in [0.25, 0.3) is 0 Å². The maximum absolute atomic E-state index is 11.8. The van der Waals surface area contributed by atoms with Crippen molar-refractivity contribution in [1.29, 1.82) is 0 Å². The lowest BCUT2D eigenvalue weighted by Gasteiger charge is -2.21. The molecular formula is C14H24O5S. The monoisotopic (exact) mass is 304 g/mol. The molecule has 0 aromatic rings. The van der Waals surface area contributed by atoms with Gasteiger partial charge in [-0.3, -0.25) is 9.59 Å². The lowest BCUT2D eigenvalue weighted by Crippen LogP contribution is -2.29. The Kier molecular flexibility index (Phi) is 9.33. The summed E-state index contributed by atoms with van der Waals surface area (Å²) in [7, 11) is 0. The van der Waals surface area contributed by atoms with E-state index in [4.69, 9.17) is 14.6 Å². The molecule has 0 bridgehead atoms. The predicted molar refractivity (Wildman–Crippen MR) is 79.5 cm³/mol. The molecule has 0 heterocycles. The maximum atomic E-state index is 11.8. The lowest BCUT2D eigenvalue weighted by molar-refractivity contribution is -0.160. The third-order valence-electron chi connectivity index (χ3n) is 2.06. The van der Waals surface area contributed by atoms with Crippen LogP contribution in [0.4, 0.5) is 0 Å². The van der Waals surface area contributed by atoms with Gasteiger partial charge in [-0.1, -0.05) is 12.7 Å². The van der Waals surface area contributed by atoms with Crippen LogP contribution in [0.3, 0.4) is 0 Å². The van der Waals surface area contributed by atoms with Crippen molar-refractivity contribution in [2.75, 3.05) is 24.7 Å². The average molecular weight is 304 g/mol. The molecule has 20 heavy (non-hydrogen) atoms. The second-order valence-corrected chi connectivity index (χ2v) is 6.35. The van der Waals surface area contributed by atoms with Crippen molar-refractivity contribution in [3.8, 4) is 0 Å². The van der Waals surface area contributed by atoms with E-state index >= 15 is 0 Å². The molecule has 0 aliphatic carbocycles. The Bertz CT molecular complexity index is 322. The average Bonchev–Trinajstić information content (AvgIpc) is 2.32. The zero-order chi connectivity index (χ0) is 15.6. The molecule has 0 fully saturated rings. The van der Waals surface area contributed by atoms with Gasteiger partial charge in [-0.15, -0.1) is 0 Å². The summed E-state index contributed by atoms with van der Waals surface area (Å²) in [6, 6.07) is 0. The van der Waals surface area contributed by atoms with Crippen LogP contribution in [0, 0.1) is 5.92 Å². The number of aliphatic hydroxyl groups is 1. The Morgan fingerprint density at radius 2 is 2.05 bits per heavy atom. The first kappa shape index (κ1) is 19.0. The van der Waals surface area contributed by atoms with Gasteiger partial charge in [0.1, 0.15) is 12.2 Å². The molecule has 0 saturated carbocycles. The van der Waals surface area contributed by atoms with Gasteiger partial charge < -0.3 is 14.6 Å². The van der Waals surface area contributed by atoms with E-state index in [1.807, 2.05) is 0 Å². The van der Waals surface area contributed by atoms with Gasteiger partial charge in [-0.2, -0.15) is 11.8 Å². The minimum absolute atomic E-state index is 0.0221. The zero-order valence-electron chi connectivity index (χ0n) is 12.4. The van der Waals surface area contributed by atoms with E-state index in [-0.39, 0.29) is 19.6 Å². The number of hydrogen-bond acceptors (Lipinski definition) is 6.